The summed E-state index contributed by atoms with van der Waals surface area (Å²) in [7, 11) is 0. The number of hydrogen-bond acceptors (Lipinski definition) is 4. The maximum atomic E-state index is 13.3. The number of carbonyl (C=O) groups is 2. The van der Waals surface area contributed by atoms with Crippen LogP contribution in [0.25, 0.3) is 0 Å². The number of nitrogens with zero attached hydrogens (tertiary/aromatic N) is 2. The zero-order valence-corrected chi connectivity index (χ0v) is 15.6. The summed E-state index contributed by atoms with van der Waals surface area (Å²) in [6.45, 7) is 0. The third-order valence-corrected chi connectivity index (χ3v) is 7.10. The Bertz CT molecular complexity index is 1020. The standard InChI is InChI=1S/C22H17ClN2O3/c23-12-8-6-11(7-9-12)19-18-14-10-15(20(18)28-24-19)17-16(14)21(26)25(22(17)27)13-4-2-1-3-5-13/h1-9,14-18,20H,10H2/t14-,15+,16+,17-,18-,20+/m0/s1. The van der Waals surface area contributed by atoms with Gasteiger partial charge in [0.15, 0.2) is 0 Å². The maximum Gasteiger partial charge on any atom is 0.238 e. The average Bonchev–Trinajstić information content (AvgIpc) is 3.44. The van der Waals surface area contributed by atoms with Gasteiger partial charge >= 0.3 is 0 Å². The number of hydrogen-bond donors (Lipinski definition) is 0. The molecule has 0 unspecified atom stereocenters. The number of rotatable bonds is 2. The fourth-order valence-corrected chi connectivity index (χ4v) is 5.94. The van der Waals surface area contributed by atoms with Gasteiger partial charge in [0.05, 0.1) is 23.2 Å². The van der Waals surface area contributed by atoms with Gasteiger partial charge in [0.2, 0.25) is 11.8 Å². The highest BCUT2D eigenvalue weighted by Crippen LogP contribution is 2.62. The molecule has 2 aromatic carbocycles. The van der Waals surface area contributed by atoms with Gasteiger partial charge in [-0.1, -0.05) is 47.1 Å². The molecule has 3 fully saturated rings. The average molecular weight is 393 g/mol. The normalized spacial score (nSPS) is 35.0. The first-order valence-corrected chi connectivity index (χ1v) is 9.95. The van der Waals surface area contributed by atoms with E-state index in [1.165, 1.54) is 4.90 Å². The SMILES string of the molecule is O=C1[C@@H]2[C@@H]3C[C@@H]([C@H]4ON=C(c5ccc(Cl)cc5)[C@H]34)[C@@H]2C(=O)N1c1ccccc1. The van der Waals surface area contributed by atoms with Gasteiger partial charge in [-0.2, -0.15) is 0 Å². The Balaban J connectivity index is 1.36. The molecule has 2 aliphatic heterocycles. The van der Waals surface area contributed by atoms with Crippen molar-refractivity contribution >= 4 is 34.8 Å². The van der Waals surface area contributed by atoms with Crippen LogP contribution in [-0.2, 0) is 14.4 Å². The highest BCUT2D eigenvalue weighted by molar-refractivity contribution is 6.30. The van der Waals surface area contributed by atoms with Crippen LogP contribution < -0.4 is 4.90 Å². The van der Waals surface area contributed by atoms with Gasteiger partial charge in [0, 0.05) is 16.9 Å². The van der Waals surface area contributed by atoms with Crippen molar-refractivity contribution < 1.29 is 14.4 Å². The van der Waals surface area contributed by atoms with E-state index in [-0.39, 0.29) is 47.5 Å². The van der Waals surface area contributed by atoms with Crippen LogP contribution in [0.15, 0.2) is 59.8 Å². The van der Waals surface area contributed by atoms with Crippen LogP contribution >= 0.6 is 11.6 Å². The number of halogens is 1. The summed E-state index contributed by atoms with van der Waals surface area (Å²) in [4.78, 5) is 33.6. The molecule has 2 aliphatic carbocycles. The maximum absolute atomic E-state index is 13.3. The van der Waals surface area contributed by atoms with Gasteiger partial charge in [-0.05, 0) is 42.2 Å². The number of imide groups is 1. The first kappa shape index (κ1) is 16.3. The van der Waals surface area contributed by atoms with E-state index in [1.807, 2.05) is 54.6 Å². The predicted octanol–water partition coefficient (Wildman–Crippen LogP) is 3.51. The van der Waals surface area contributed by atoms with Crippen LogP contribution in [0.4, 0.5) is 5.69 Å². The molecule has 2 saturated carbocycles. The fourth-order valence-electron chi connectivity index (χ4n) is 5.82. The Kier molecular flexibility index (Phi) is 3.30. The van der Waals surface area contributed by atoms with Crippen LogP contribution in [0.2, 0.25) is 5.02 Å². The molecule has 28 heavy (non-hydrogen) atoms. The highest BCUT2D eigenvalue weighted by Gasteiger charge is 2.70. The smallest absolute Gasteiger partial charge is 0.238 e. The van der Waals surface area contributed by atoms with Crippen LogP contribution in [-0.4, -0.2) is 23.6 Å². The largest absolute Gasteiger partial charge is 0.391 e. The van der Waals surface area contributed by atoms with Crippen molar-refractivity contribution in [2.45, 2.75) is 12.5 Å². The first-order valence-electron chi connectivity index (χ1n) is 9.57. The van der Waals surface area contributed by atoms with Crippen molar-refractivity contribution in [1.82, 2.24) is 0 Å². The summed E-state index contributed by atoms with van der Waals surface area (Å²) in [6, 6.07) is 16.8. The van der Waals surface area contributed by atoms with Crippen molar-refractivity contribution in [2.24, 2.45) is 34.7 Å². The number of amides is 2. The molecule has 2 amide bonds. The Morgan fingerprint density at radius 3 is 2.29 bits per heavy atom. The molecule has 0 spiro atoms. The Hall–Kier alpha value is -2.66. The zero-order valence-electron chi connectivity index (χ0n) is 14.9. The van der Waals surface area contributed by atoms with E-state index < -0.39 is 0 Å². The molecule has 6 rings (SSSR count). The lowest BCUT2D eigenvalue weighted by molar-refractivity contribution is -0.125. The van der Waals surface area contributed by atoms with Gasteiger partial charge in [-0.25, -0.2) is 0 Å². The molecule has 1 saturated heterocycles. The van der Waals surface area contributed by atoms with Gasteiger partial charge in [0.1, 0.15) is 6.10 Å². The number of benzene rings is 2. The van der Waals surface area contributed by atoms with Crippen molar-refractivity contribution in [3.63, 3.8) is 0 Å². The van der Waals surface area contributed by atoms with Crippen molar-refractivity contribution in [1.29, 1.82) is 0 Å². The molecule has 0 aromatic heterocycles. The molecule has 6 atom stereocenters. The van der Waals surface area contributed by atoms with Crippen molar-refractivity contribution in [3.05, 3.63) is 65.2 Å². The van der Waals surface area contributed by atoms with Gasteiger partial charge in [0.25, 0.3) is 0 Å². The van der Waals surface area contributed by atoms with Crippen LogP contribution in [0.3, 0.4) is 0 Å². The summed E-state index contributed by atoms with van der Waals surface area (Å²) in [5.74, 6) is -0.553. The minimum Gasteiger partial charge on any atom is -0.391 e. The number of fused-ring (bicyclic) bond motifs is 8. The summed E-state index contributed by atoms with van der Waals surface area (Å²) in [6.07, 6.45) is 0.724. The molecule has 5 nitrogen and oxygen atoms in total. The second-order valence-electron chi connectivity index (χ2n) is 8.04. The minimum absolute atomic E-state index is 0.0405. The predicted molar refractivity (Wildman–Crippen MR) is 104 cm³/mol. The molecule has 0 radical (unpaired) electrons. The second-order valence-corrected chi connectivity index (χ2v) is 8.48. The molecule has 2 bridgehead atoms. The lowest BCUT2D eigenvalue weighted by atomic mass is 9.71. The third-order valence-electron chi connectivity index (χ3n) is 6.84. The lowest BCUT2D eigenvalue weighted by Crippen LogP contribution is -2.41. The van der Waals surface area contributed by atoms with Gasteiger partial charge < -0.3 is 4.84 Å². The number of oxime groups is 1. The number of carbonyl (C=O) groups excluding carboxylic acids is 2. The molecule has 2 heterocycles. The summed E-state index contributed by atoms with van der Waals surface area (Å²) >= 11 is 6.02. The molecule has 6 heteroatoms. The van der Waals surface area contributed by atoms with E-state index in [9.17, 15) is 9.59 Å². The monoisotopic (exact) mass is 392 g/mol. The number of anilines is 1. The second kappa shape index (κ2) is 5.67. The molecule has 4 aliphatic rings. The third kappa shape index (κ3) is 2.00. The minimum atomic E-state index is -0.293. The number of para-hydroxylation sites is 1. The summed E-state index contributed by atoms with van der Waals surface area (Å²) in [5.41, 5.74) is 2.51. The molecular weight excluding hydrogens is 376 g/mol. The van der Waals surface area contributed by atoms with Crippen LogP contribution in [0.5, 0.6) is 0 Å². The summed E-state index contributed by atoms with van der Waals surface area (Å²) < 4.78 is 0. The van der Waals surface area contributed by atoms with Crippen molar-refractivity contribution in [2.75, 3.05) is 4.90 Å². The Morgan fingerprint density at radius 1 is 0.893 bits per heavy atom. The molecule has 140 valence electrons. The molecule has 2 aromatic rings. The van der Waals surface area contributed by atoms with E-state index in [2.05, 4.69) is 5.16 Å². The summed E-state index contributed by atoms with van der Waals surface area (Å²) in [5, 5.41) is 5.02. The Morgan fingerprint density at radius 2 is 1.57 bits per heavy atom. The zero-order chi connectivity index (χ0) is 19.0. The molecule has 0 N–H and O–H groups in total. The van der Waals surface area contributed by atoms with E-state index in [1.54, 1.807) is 0 Å². The van der Waals surface area contributed by atoms with E-state index in [0.717, 1.165) is 17.7 Å². The fraction of sp³-hybridized carbons (Fsp3) is 0.318. The van der Waals surface area contributed by atoms with E-state index in [0.29, 0.717) is 10.7 Å². The quantitative estimate of drug-likeness (QED) is 0.735. The van der Waals surface area contributed by atoms with Crippen LogP contribution in [0.1, 0.15) is 12.0 Å². The van der Waals surface area contributed by atoms with E-state index >= 15 is 0 Å². The Labute approximate surface area is 166 Å². The molecular formula is C22H17ClN2O3. The highest BCUT2D eigenvalue weighted by atomic mass is 35.5. The van der Waals surface area contributed by atoms with E-state index in [4.69, 9.17) is 16.4 Å². The van der Waals surface area contributed by atoms with Gasteiger partial charge in [-0.15, -0.1) is 0 Å². The van der Waals surface area contributed by atoms with Gasteiger partial charge in [-0.3, -0.25) is 14.5 Å². The van der Waals surface area contributed by atoms with Crippen LogP contribution in [0, 0.1) is 29.6 Å². The first-order chi connectivity index (χ1) is 13.6. The van der Waals surface area contributed by atoms with Crippen molar-refractivity contribution in [3.8, 4) is 0 Å². The lowest BCUT2D eigenvalue weighted by Gasteiger charge is -2.29. The topological polar surface area (TPSA) is 59.0 Å².